The summed E-state index contributed by atoms with van der Waals surface area (Å²) in [5.74, 6) is 0. The fourth-order valence-corrected chi connectivity index (χ4v) is 1.29. The fraction of sp³-hybridized carbons (Fsp3) is 1.00. The zero-order chi connectivity index (χ0) is 9.07. The minimum atomic E-state index is -0.776. The maximum atomic E-state index is 13.1. The lowest BCUT2D eigenvalue weighted by Gasteiger charge is -2.38. The van der Waals surface area contributed by atoms with Crippen LogP contribution in [0.5, 0.6) is 0 Å². The van der Waals surface area contributed by atoms with Gasteiger partial charge in [-0.2, -0.15) is 0 Å². The van der Waals surface area contributed by atoms with Crippen LogP contribution in [0.25, 0.3) is 0 Å². The Bertz CT molecular complexity index is 106. The second kappa shape index (κ2) is 4.05. The van der Waals surface area contributed by atoms with Gasteiger partial charge in [0, 0.05) is 5.54 Å². The Morgan fingerprint density at radius 3 is 1.73 bits per heavy atom. The van der Waals surface area contributed by atoms with Crippen LogP contribution < -0.4 is 0 Å². The van der Waals surface area contributed by atoms with Crippen molar-refractivity contribution in [2.45, 2.75) is 46.3 Å². The third-order valence-electron chi connectivity index (χ3n) is 2.55. The molecule has 0 saturated heterocycles. The monoisotopic (exact) mass is 161 g/mol. The molecule has 0 unspecified atom stereocenters. The number of rotatable bonds is 4. The lowest BCUT2D eigenvalue weighted by molar-refractivity contribution is 0.0566. The molecule has 0 aromatic heterocycles. The summed E-state index contributed by atoms with van der Waals surface area (Å²) in [6, 6.07) is 0. The molecule has 0 N–H and O–H groups in total. The molecular formula is C9H20FN. The largest absolute Gasteiger partial charge is 0.296 e. The topological polar surface area (TPSA) is 3.24 Å². The first-order chi connectivity index (χ1) is 4.96. The van der Waals surface area contributed by atoms with Crippen molar-refractivity contribution in [2.24, 2.45) is 0 Å². The molecule has 0 saturated carbocycles. The van der Waals surface area contributed by atoms with Crippen LogP contribution in [0.2, 0.25) is 0 Å². The normalized spacial score (nSPS) is 15.5. The smallest absolute Gasteiger partial charge is 0.115 e. The van der Waals surface area contributed by atoms with Crippen molar-refractivity contribution in [3.8, 4) is 0 Å². The second-order valence-corrected chi connectivity index (χ2v) is 3.44. The molecule has 0 aliphatic rings. The maximum absolute atomic E-state index is 13.1. The van der Waals surface area contributed by atoms with Gasteiger partial charge in [-0.15, -0.1) is 0 Å². The highest BCUT2D eigenvalue weighted by Gasteiger charge is 2.30. The molecule has 0 bridgehead atoms. The van der Waals surface area contributed by atoms with Crippen LogP contribution in [0.3, 0.4) is 0 Å². The average Bonchev–Trinajstić information content (AvgIpc) is 1.89. The zero-order valence-electron chi connectivity index (χ0n) is 8.32. The molecule has 0 aromatic rings. The Morgan fingerprint density at radius 1 is 1.27 bits per heavy atom. The van der Waals surface area contributed by atoms with E-state index in [1.165, 1.54) is 0 Å². The number of hydrogen-bond donors (Lipinski definition) is 0. The lowest BCUT2D eigenvalue weighted by Crippen LogP contribution is -2.49. The van der Waals surface area contributed by atoms with Crippen LogP contribution in [-0.2, 0) is 0 Å². The van der Waals surface area contributed by atoms with Crippen LogP contribution in [0.4, 0.5) is 4.39 Å². The molecule has 0 fully saturated rings. The van der Waals surface area contributed by atoms with Gasteiger partial charge >= 0.3 is 0 Å². The van der Waals surface area contributed by atoms with Gasteiger partial charge in [0.25, 0.3) is 0 Å². The second-order valence-electron chi connectivity index (χ2n) is 3.44. The van der Waals surface area contributed by atoms with Gasteiger partial charge < -0.3 is 0 Å². The molecule has 0 aromatic carbocycles. The molecule has 0 radical (unpaired) electrons. The summed E-state index contributed by atoms with van der Waals surface area (Å²) in [5, 5.41) is 0. The van der Waals surface area contributed by atoms with Crippen LogP contribution in [0.15, 0.2) is 0 Å². The summed E-state index contributed by atoms with van der Waals surface area (Å²) in [4.78, 5) is 2.14. The van der Waals surface area contributed by atoms with E-state index in [4.69, 9.17) is 0 Å². The standard InChI is InChI=1S/C9H20FN/c1-6-11(7-2)9(4,5)8(3)10/h8H,6-7H2,1-5H3/t8-/m1/s1. The summed E-state index contributed by atoms with van der Waals surface area (Å²) in [7, 11) is 0. The predicted molar refractivity (Wildman–Crippen MR) is 47.6 cm³/mol. The Balaban J connectivity index is 4.24. The summed E-state index contributed by atoms with van der Waals surface area (Å²) in [6.45, 7) is 11.5. The van der Waals surface area contributed by atoms with E-state index >= 15 is 0 Å². The van der Waals surface area contributed by atoms with E-state index in [1.807, 2.05) is 13.8 Å². The van der Waals surface area contributed by atoms with Crippen molar-refractivity contribution in [3.05, 3.63) is 0 Å². The van der Waals surface area contributed by atoms with E-state index in [0.717, 1.165) is 13.1 Å². The molecule has 1 atom stereocenters. The summed E-state index contributed by atoms with van der Waals surface area (Å²) in [5.41, 5.74) is -0.316. The van der Waals surface area contributed by atoms with Crippen molar-refractivity contribution >= 4 is 0 Å². The summed E-state index contributed by atoms with van der Waals surface area (Å²) < 4.78 is 13.1. The van der Waals surface area contributed by atoms with Crippen LogP contribution in [0.1, 0.15) is 34.6 Å². The SMILES string of the molecule is CCN(CC)C(C)(C)[C@@H](C)F. The zero-order valence-corrected chi connectivity index (χ0v) is 8.32. The van der Waals surface area contributed by atoms with Crippen molar-refractivity contribution < 1.29 is 4.39 Å². The highest BCUT2D eigenvalue weighted by atomic mass is 19.1. The van der Waals surface area contributed by atoms with Crippen molar-refractivity contribution in [2.75, 3.05) is 13.1 Å². The molecule has 1 nitrogen and oxygen atoms in total. The van der Waals surface area contributed by atoms with Gasteiger partial charge in [-0.3, -0.25) is 4.90 Å². The molecule has 0 aliphatic carbocycles. The molecule has 0 spiro atoms. The summed E-state index contributed by atoms with van der Waals surface area (Å²) >= 11 is 0. The highest BCUT2D eigenvalue weighted by Crippen LogP contribution is 2.20. The van der Waals surface area contributed by atoms with Crippen LogP contribution in [0, 0.1) is 0 Å². The van der Waals surface area contributed by atoms with E-state index in [9.17, 15) is 4.39 Å². The predicted octanol–water partition coefficient (Wildman–Crippen LogP) is 2.46. The van der Waals surface area contributed by atoms with Gasteiger partial charge in [-0.25, -0.2) is 4.39 Å². The summed E-state index contributed by atoms with van der Waals surface area (Å²) in [6.07, 6.45) is -0.776. The first-order valence-corrected chi connectivity index (χ1v) is 4.35. The van der Waals surface area contributed by atoms with E-state index in [0.29, 0.717) is 0 Å². The Labute approximate surface area is 69.6 Å². The number of hydrogen-bond acceptors (Lipinski definition) is 1. The van der Waals surface area contributed by atoms with Gasteiger partial charge in [0.15, 0.2) is 0 Å². The van der Waals surface area contributed by atoms with E-state index in [2.05, 4.69) is 18.7 Å². The molecule has 0 aliphatic heterocycles. The molecule has 0 amide bonds. The van der Waals surface area contributed by atoms with Crippen LogP contribution in [-0.4, -0.2) is 29.7 Å². The van der Waals surface area contributed by atoms with E-state index in [1.54, 1.807) is 6.92 Å². The quantitative estimate of drug-likeness (QED) is 0.612. The molecule has 0 rings (SSSR count). The molecule has 2 heteroatoms. The highest BCUT2D eigenvalue weighted by molar-refractivity contribution is 4.85. The van der Waals surface area contributed by atoms with Gasteiger partial charge in [-0.05, 0) is 33.9 Å². The number of nitrogens with zero attached hydrogens (tertiary/aromatic N) is 1. The first kappa shape index (κ1) is 10.9. The molecule has 68 valence electrons. The molecular weight excluding hydrogens is 141 g/mol. The van der Waals surface area contributed by atoms with Gasteiger partial charge in [0.1, 0.15) is 6.17 Å². The van der Waals surface area contributed by atoms with Crippen molar-refractivity contribution in [1.82, 2.24) is 4.90 Å². The third kappa shape index (κ3) is 2.44. The van der Waals surface area contributed by atoms with Gasteiger partial charge in [0.2, 0.25) is 0 Å². The minimum absolute atomic E-state index is 0.316. The maximum Gasteiger partial charge on any atom is 0.115 e. The minimum Gasteiger partial charge on any atom is -0.296 e. The molecule has 11 heavy (non-hydrogen) atoms. The first-order valence-electron chi connectivity index (χ1n) is 4.35. The Hall–Kier alpha value is -0.110. The fourth-order valence-electron chi connectivity index (χ4n) is 1.29. The number of alkyl halides is 1. The van der Waals surface area contributed by atoms with E-state index < -0.39 is 6.17 Å². The Kier molecular flexibility index (Phi) is 4.01. The van der Waals surface area contributed by atoms with Crippen molar-refractivity contribution in [1.29, 1.82) is 0 Å². The third-order valence-corrected chi connectivity index (χ3v) is 2.55. The lowest BCUT2D eigenvalue weighted by atomic mass is 9.97. The average molecular weight is 161 g/mol. The van der Waals surface area contributed by atoms with Crippen molar-refractivity contribution in [3.63, 3.8) is 0 Å². The van der Waals surface area contributed by atoms with Gasteiger partial charge in [0.05, 0.1) is 0 Å². The molecule has 0 heterocycles. The number of halogens is 1. The van der Waals surface area contributed by atoms with Gasteiger partial charge in [-0.1, -0.05) is 13.8 Å². The Morgan fingerprint density at radius 2 is 1.64 bits per heavy atom. The van der Waals surface area contributed by atoms with Crippen LogP contribution >= 0.6 is 0 Å². The van der Waals surface area contributed by atoms with E-state index in [-0.39, 0.29) is 5.54 Å².